The van der Waals surface area contributed by atoms with Gasteiger partial charge >= 0.3 is 5.97 Å². The van der Waals surface area contributed by atoms with Crippen molar-refractivity contribution in [1.29, 1.82) is 0 Å². The Morgan fingerprint density at radius 2 is 2.08 bits per heavy atom. The third-order valence-corrected chi connectivity index (χ3v) is 4.89. The van der Waals surface area contributed by atoms with Crippen LogP contribution in [0.2, 0.25) is 0 Å². The second kappa shape index (κ2) is 6.33. The first-order valence-corrected chi connectivity index (χ1v) is 8.62. The molecule has 3 aromatic rings. The van der Waals surface area contributed by atoms with Gasteiger partial charge in [-0.05, 0) is 60.8 Å². The number of nitrogens with zero attached hydrogens (tertiary/aromatic N) is 3. The summed E-state index contributed by atoms with van der Waals surface area (Å²) in [5.74, 6) is -0.130. The van der Waals surface area contributed by atoms with Gasteiger partial charge in [0.1, 0.15) is 5.65 Å². The fourth-order valence-electron chi connectivity index (χ4n) is 3.56. The third kappa shape index (κ3) is 3.15. The van der Waals surface area contributed by atoms with E-state index in [2.05, 4.69) is 28.9 Å². The fourth-order valence-corrected chi connectivity index (χ4v) is 3.56. The van der Waals surface area contributed by atoms with Crippen molar-refractivity contribution in [2.45, 2.75) is 19.9 Å². The standard InChI is InChI=1S/C20H21N3O2/c1-14-6-8-22(12-14)13-15-10-17-7-9-23(19(17)21-11-15)18-4-2-16(3-5-18)20(24)25/h2-5,7,9-11,14H,6,8,12-13H2,1H3,(H,24,25)/t14-/m1/s1. The highest BCUT2D eigenvalue weighted by Gasteiger charge is 2.18. The lowest BCUT2D eigenvalue weighted by molar-refractivity contribution is 0.0697. The molecule has 0 radical (unpaired) electrons. The molecule has 1 aromatic carbocycles. The smallest absolute Gasteiger partial charge is 0.335 e. The molecule has 0 saturated carbocycles. The summed E-state index contributed by atoms with van der Waals surface area (Å²) < 4.78 is 1.99. The van der Waals surface area contributed by atoms with Crippen molar-refractivity contribution < 1.29 is 9.90 Å². The molecule has 1 aliphatic heterocycles. The zero-order valence-electron chi connectivity index (χ0n) is 14.2. The van der Waals surface area contributed by atoms with Crippen molar-refractivity contribution in [2.75, 3.05) is 13.1 Å². The van der Waals surface area contributed by atoms with E-state index in [0.29, 0.717) is 0 Å². The fraction of sp³-hybridized carbons (Fsp3) is 0.300. The van der Waals surface area contributed by atoms with Gasteiger partial charge in [0.2, 0.25) is 0 Å². The Bertz CT molecular complexity index is 914. The number of aromatic carboxylic acids is 1. The summed E-state index contributed by atoms with van der Waals surface area (Å²) >= 11 is 0. The van der Waals surface area contributed by atoms with E-state index in [1.54, 1.807) is 12.1 Å². The molecule has 0 bridgehead atoms. The van der Waals surface area contributed by atoms with Crippen molar-refractivity contribution in [1.82, 2.24) is 14.5 Å². The van der Waals surface area contributed by atoms with Crippen LogP contribution in [0.1, 0.15) is 29.3 Å². The Morgan fingerprint density at radius 3 is 2.76 bits per heavy atom. The molecule has 0 amide bonds. The predicted molar refractivity (Wildman–Crippen MR) is 97.1 cm³/mol. The number of likely N-dealkylation sites (tertiary alicyclic amines) is 1. The van der Waals surface area contributed by atoms with Crippen LogP contribution in [0.4, 0.5) is 0 Å². The second-order valence-corrected chi connectivity index (χ2v) is 6.92. The number of aromatic nitrogens is 2. The summed E-state index contributed by atoms with van der Waals surface area (Å²) in [5, 5.41) is 10.1. The molecule has 4 rings (SSSR count). The number of pyridine rings is 1. The lowest BCUT2D eigenvalue weighted by atomic mass is 10.2. The first-order valence-electron chi connectivity index (χ1n) is 8.62. The van der Waals surface area contributed by atoms with E-state index in [0.717, 1.165) is 42.3 Å². The minimum atomic E-state index is -0.914. The summed E-state index contributed by atoms with van der Waals surface area (Å²) in [6.07, 6.45) is 5.21. The van der Waals surface area contributed by atoms with E-state index in [4.69, 9.17) is 5.11 Å². The number of benzene rings is 1. The van der Waals surface area contributed by atoms with Crippen LogP contribution in [0, 0.1) is 5.92 Å². The van der Waals surface area contributed by atoms with E-state index in [9.17, 15) is 4.79 Å². The minimum absolute atomic E-state index is 0.287. The lowest BCUT2D eigenvalue weighted by Gasteiger charge is -2.15. The molecule has 1 aliphatic rings. The van der Waals surface area contributed by atoms with Gasteiger partial charge < -0.3 is 9.67 Å². The molecule has 1 fully saturated rings. The Balaban J connectivity index is 1.60. The normalized spacial score (nSPS) is 18.0. The molecule has 25 heavy (non-hydrogen) atoms. The van der Waals surface area contributed by atoms with Crippen molar-refractivity contribution >= 4 is 17.0 Å². The Morgan fingerprint density at radius 1 is 1.28 bits per heavy atom. The molecule has 5 heteroatoms. The highest BCUT2D eigenvalue weighted by molar-refractivity contribution is 5.88. The quantitative estimate of drug-likeness (QED) is 0.792. The lowest BCUT2D eigenvalue weighted by Crippen LogP contribution is -2.19. The summed E-state index contributed by atoms with van der Waals surface area (Å²) in [6.45, 7) is 5.58. The predicted octanol–water partition coefficient (Wildman–Crippen LogP) is 3.57. The highest BCUT2D eigenvalue weighted by Crippen LogP contribution is 2.22. The van der Waals surface area contributed by atoms with Gasteiger partial charge in [-0.1, -0.05) is 6.92 Å². The van der Waals surface area contributed by atoms with Gasteiger partial charge in [0.25, 0.3) is 0 Å². The van der Waals surface area contributed by atoms with Crippen LogP contribution in [0.3, 0.4) is 0 Å². The van der Waals surface area contributed by atoms with Crippen molar-refractivity contribution in [3.8, 4) is 5.69 Å². The summed E-state index contributed by atoms with van der Waals surface area (Å²) in [4.78, 5) is 18.1. The van der Waals surface area contributed by atoms with Gasteiger partial charge in [0.15, 0.2) is 0 Å². The molecule has 0 spiro atoms. The van der Waals surface area contributed by atoms with E-state index in [1.807, 2.05) is 29.1 Å². The first kappa shape index (κ1) is 15.8. The average Bonchev–Trinajstić information content (AvgIpc) is 3.21. The zero-order chi connectivity index (χ0) is 17.4. The van der Waals surface area contributed by atoms with Crippen molar-refractivity contribution in [2.24, 2.45) is 5.92 Å². The number of carbonyl (C=O) groups is 1. The molecule has 1 N–H and O–H groups in total. The maximum Gasteiger partial charge on any atom is 0.335 e. The van der Waals surface area contributed by atoms with Crippen LogP contribution in [-0.2, 0) is 6.54 Å². The molecule has 5 nitrogen and oxygen atoms in total. The molecule has 3 heterocycles. The largest absolute Gasteiger partial charge is 0.478 e. The van der Waals surface area contributed by atoms with E-state index < -0.39 is 5.97 Å². The molecule has 1 atom stereocenters. The number of fused-ring (bicyclic) bond motifs is 1. The maximum atomic E-state index is 11.0. The van der Waals surface area contributed by atoms with Gasteiger partial charge in [0, 0.05) is 36.6 Å². The highest BCUT2D eigenvalue weighted by atomic mass is 16.4. The van der Waals surface area contributed by atoms with Gasteiger partial charge in [-0.15, -0.1) is 0 Å². The minimum Gasteiger partial charge on any atom is -0.478 e. The monoisotopic (exact) mass is 335 g/mol. The maximum absolute atomic E-state index is 11.0. The van der Waals surface area contributed by atoms with Crippen LogP contribution in [-0.4, -0.2) is 38.6 Å². The van der Waals surface area contributed by atoms with Crippen LogP contribution >= 0.6 is 0 Å². The van der Waals surface area contributed by atoms with Crippen LogP contribution in [0.25, 0.3) is 16.7 Å². The molecule has 2 aromatic heterocycles. The summed E-state index contributed by atoms with van der Waals surface area (Å²) in [7, 11) is 0. The molecular formula is C20H21N3O2. The third-order valence-electron chi connectivity index (χ3n) is 4.89. The van der Waals surface area contributed by atoms with Gasteiger partial charge in [0.05, 0.1) is 5.56 Å². The van der Waals surface area contributed by atoms with E-state index >= 15 is 0 Å². The van der Waals surface area contributed by atoms with Crippen molar-refractivity contribution in [3.63, 3.8) is 0 Å². The number of carboxylic acid groups (broad SMARTS) is 1. The number of hydrogen-bond donors (Lipinski definition) is 1. The van der Waals surface area contributed by atoms with Crippen molar-refractivity contribution in [3.05, 3.63) is 59.9 Å². The number of carboxylic acids is 1. The van der Waals surface area contributed by atoms with Gasteiger partial charge in [-0.3, -0.25) is 4.90 Å². The molecule has 0 unspecified atom stereocenters. The van der Waals surface area contributed by atoms with E-state index in [1.165, 1.54) is 12.0 Å². The SMILES string of the molecule is C[C@@H]1CCN(Cc2cnc3c(ccn3-c3ccc(C(=O)O)cc3)c2)C1. The first-order chi connectivity index (χ1) is 12.1. The van der Waals surface area contributed by atoms with Crippen LogP contribution in [0.5, 0.6) is 0 Å². The van der Waals surface area contributed by atoms with Gasteiger partial charge in [-0.25, -0.2) is 9.78 Å². The Kier molecular flexibility index (Phi) is 4.01. The second-order valence-electron chi connectivity index (χ2n) is 6.92. The zero-order valence-corrected chi connectivity index (χ0v) is 14.2. The van der Waals surface area contributed by atoms with Crippen LogP contribution in [0.15, 0.2) is 48.8 Å². The summed E-state index contributed by atoms with van der Waals surface area (Å²) in [6, 6.07) is 11.1. The topological polar surface area (TPSA) is 58.4 Å². The molecule has 1 saturated heterocycles. The molecular weight excluding hydrogens is 314 g/mol. The average molecular weight is 335 g/mol. The molecule has 0 aliphatic carbocycles. The van der Waals surface area contributed by atoms with E-state index in [-0.39, 0.29) is 5.56 Å². The summed E-state index contributed by atoms with van der Waals surface area (Å²) in [5.41, 5.74) is 3.33. The number of hydrogen-bond acceptors (Lipinski definition) is 3. The number of rotatable bonds is 4. The Labute approximate surface area is 146 Å². The molecule has 128 valence electrons. The Hall–Kier alpha value is -2.66. The van der Waals surface area contributed by atoms with Crippen LogP contribution < -0.4 is 0 Å². The van der Waals surface area contributed by atoms with Gasteiger partial charge in [-0.2, -0.15) is 0 Å².